The molecule has 3 nitrogen and oxygen atoms in total. The molecule has 1 saturated heterocycles. The van der Waals surface area contributed by atoms with E-state index < -0.39 is 0 Å². The molecular formula is C13H19NO2. The summed E-state index contributed by atoms with van der Waals surface area (Å²) in [5.74, 6) is 0.834. The highest BCUT2D eigenvalue weighted by molar-refractivity contribution is 5.28. The molecule has 1 unspecified atom stereocenters. The molecule has 16 heavy (non-hydrogen) atoms. The molecule has 0 spiro atoms. The molecule has 1 aliphatic heterocycles. The summed E-state index contributed by atoms with van der Waals surface area (Å²) in [5.41, 5.74) is 1.28. The molecule has 1 fully saturated rings. The zero-order chi connectivity index (χ0) is 11.4. The lowest BCUT2D eigenvalue weighted by Gasteiger charge is -2.29. The van der Waals surface area contributed by atoms with Crippen molar-refractivity contribution in [3.63, 3.8) is 0 Å². The number of phenolic OH excluding ortho intramolecular Hbond substituents is 1. The fourth-order valence-corrected chi connectivity index (χ4v) is 2.08. The first-order valence-electron chi connectivity index (χ1n) is 5.85. The molecule has 88 valence electrons. The number of morpholine rings is 1. The minimum atomic E-state index is 0.335. The van der Waals surface area contributed by atoms with Gasteiger partial charge in [-0.05, 0) is 23.6 Å². The van der Waals surface area contributed by atoms with E-state index in [1.165, 1.54) is 5.56 Å². The van der Waals surface area contributed by atoms with Gasteiger partial charge in [-0.15, -0.1) is 0 Å². The topological polar surface area (TPSA) is 32.7 Å². The van der Waals surface area contributed by atoms with E-state index in [1.807, 2.05) is 12.1 Å². The SMILES string of the molecule is CC(CN1CCOCC1)c1ccc(O)cc1. The second-order valence-corrected chi connectivity index (χ2v) is 4.41. The van der Waals surface area contributed by atoms with Crippen LogP contribution in [0.5, 0.6) is 5.75 Å². The molecular weight excluding hydrogens is 202 g/mol. The van der Waals surface area contributed by atoms with Gasteiger partial charge in [0.05, 0.1) is 13.2 Å². The lowest BCUT2D eigenvalue weighted by atomic mass is 10.0. The van der Waals surface area contributed by atoms with E-state index in [0.29, 0.717) is 11.7 Å². The number of phenols is 1. The number of hydrogen-bond acceptors (Lipinski definition) is 3. The molecule has 2 rings (SSSR count). The van der Waals surface area contributed by atoms with Gasteiger partial charge in [0.2, 0.25) is 0 Å². The molecule has 1 N–H and O–H groups in total. The van der Waals surface area contributed by atoms with Crippen molar-refractivity contribution in [2.24, 2.45) is 0 Å². The van der Waals surface area contributed by atoms with Gasteiger partial charge in [-0.25, -0.2) is 0 Å². The first-order valence-corrected chi connectivity index (χ1v) is 5.85. The van der Waals surface area contributed by atoms with Gasteiger partial charge in [0.1, 0.15) is 5.75 Å². The quantitative estimate of drug-likeness (QED) is 0.845. The zero-order valence-corrected chi connectivity index (χ0v) is 9.72. The maximum atomic E-state index is 9.23. The van der Waals surface area contributed by atoms with E-state index in [4.69, 9.17) is 4.74 Å². The van der Waals surface area contributed by atoms with Gasteiger partial charge in [-0.3, -0.25) is 4.90 Å². The highest BCUT2D eigenvalue weighted by atomic mass is 16.5. The van der Waals surface area contributed by atoms with Gasteiger partial charge in [-0.1, -0.05) is 19.1 Å². The van der Waals surface area contributed by atoms with Crippen molar-refractivity contribution in [1.29, 1.82) is 0 Å². The smallest absolute Gasteiger partial charge is 0.115 e. The number of ether oxygens (including phenoxy) is 1. The first kappa shape index (κ1) is 11.4. The van der Waals surface area contributed by atoms with E-state index in [0.717, 1.165) is 32.8 Å². The predicted octanol–water partition coefficient (Wildman–Crippen LogP) is 1.83. The maximum Gasteiger partial charge on any atom is 0.115 e. The second kappa shape index (κ2) is 5.32. The van der Waals surface area contributed by atoms with Gasteiger partial charge >= 0.3 is 0 Å². The normalized spacial score (nSPS) is 19.6. The van der Waals surface area contributed by atoms with Crippen molar-refractivity contribution < 1.29 is 9.84 Å². The average molecular weight is 221 g/mol. The van der Waals surface area contributed by atoms with Crippen molar-refractivity contribution in [3.05, 3.63) is 29.8 Å². The largest absolute Gasteiger partial charge is 0.508 e. The van der Waals surface area contributed by atoms with E-state index >= 15 is 0 Å². The van der Waals surface area contributed by atoms with Crippen LogP contribution in [-0.4, -0.2) is 42.9 Å². The van der Waals surface area contributed by atoms with E-state index in [2.05, 4.69) is 11.8 Å². The van der Waals surface area contributed by atoms with Crippen molar-refractivity contribution >= 4 is 0 Å². The Balaban J connectivity index is 1.91. The Kier molecular flexibility index (Phi) is 3.80. The average Bonchev–Trinajstić information content (AvgIpc) is 2.31. The zero-order valence-electron chi connectivity index (χ0n) is 9.72. The Morgan fingerprint density at radius 3 is 2.50 bits per heavy atom. The minimum Gasteiger partial charge on any atom is -0.508 e. The highest BCUT2D eigenvalue weighted by Crippen LogP contribution is 2.19. The molecule has 1 atom stereocenters. The third-order valence-corrected chi connectivity index (χ3v) is 3.10. The fraction of sp³-hybridized carbons (Fsp3) is 0.538. The number of hydrogen-bond donors (Lipinski definition) is 1. The number of benzene rings is 1. The summed E-state index contributed by atoms with van der Waals surface area (Å²) in [7, 11) is 0. The second-order valence-electron chi connectivity index (χ2n) is 4.41. The molecule has 0 bridgehead atoms. The molecule has 0 aliphatic carbocycles. The van der Waals surface area contributed by atoms with Crippen LogP contribution in [-0.2, 0) is 4.74 Å². The molecule has 1 aromatic carbocycles. The van der Waals surface area contributed by atoms with Crippen LogP contribution >= 0.6 is 0 Å². The molecule has 0 saturated carbocycles. The highest BCUT2D eigenvalue weighted by Gasteiger charge is 2.14. The molecule has 1 aliphatic rings. The number of rotatable bonds is 3. The van der Waals surface area contributed by atoms with Crippen LogP contribution < -0.4 is 0 Å². The standard InChI is InChI=1S/C13H19NO2/c1-11(10-14-6-8-16-9-7-14)12-2-4-13(15)5-3-12/h2-5,11,15H,6-10H2,1H3. The van der Waals surface area contributed by atoms with Gasteiger partial charge < -0.3 is 9.84 Å². The number of nitrogens with zero attached hydrogens (tertiary/aromatic N) is 1. The monoisotopic (exact) mass is 221 g/mol. The lowest BCUT2D eigenvalue weighted by Crippen LogP contribution is -2.38. The van der Waals surface area contributed by atoms with Crippen LogP contribution in [0.25, 0.3) is 0 Å². The molecule has 1 heterocycles. The van der Waals surface area contributed by atoms with Crippen molar-refractivity contribution in [2.75, 3.05) is 32.8 Å². The van der Waals surface area contributed by atoms with Crippen molar-refractivity contribution in [2.45, 2.75) is 12.8 Å². The van der Waals surface area contributed by atoms with Crippen LogP contribution in [0.1, 0.15) is 18.4 Å². The van der Waals surface area contributed by atoms with Gasteiger partial charge in [-0.2, -0.15) is 0 Å². The van der Waals surface area contributed by atoms with Gasteiger partial charge in [0, 0.05) is 19.6 Å². The molecule has 0 amide bonds. The molecule has 3 heteroatoms. The summed E-state index contributed by atoms with van der Waals surface area (Å²) in [6, 6.07) is 7.51. The Bertz CT molecular complexity index is 317. The van der Waals surface area contributed by atoms with Crippen molar-refractivity contribution in [1.82, 2.24) is 4.90 Å². The molecule has 0 radical (unpaired) electrons. The summed E-state index contributed by atoms with van der Waals surface area (Å²) >= 11 is 0. The van der Waals surface area contributed by atoms with E-state index in [-0.39, 0.29) is 0 Å². The third kappa shape index (κ3) is 2.97. The fourth-order valence-electron chi connectivity index (χ4n) is 2.08. The minimum absolute atomic E-state index is 0.335. The summed E-state index contributed by atoms with van der Waals surface area (Å²) in [6.07, 6.45) is 0. The Morgan fingerprint density at radius 1 is 1.25 bits per heavy atom. The summed E-state index contributed by atoms with van der Waals surface area (Å²) in [5, 5.41) is 9.23. The summed E-state index contributed by atoms with van der Waals surface area (Å²) < 4.78 is 5.33. The van der Waals surface area contributed by atoms with E-state index in [1.54, 1.807) is 12.1 Å². The van der Waals surface area contributed by atoms with Crippen LogP contribution in [0.2, 0.25) is 0 Å². The lowest BCUT2D eigenvalue weighted by molar-refractivity contribution is 0.0357. The van der Waals surface area contributed by atoms with Crippen LogP contribution in [0.3, 0.4) is 0 Å². The van der Waals surface area contributed by atoms with Crippen molar-refractivity contribution in [3.8, 4) is 5.75 Å². The number of aromatic hydroxyl groups is 1. The van der Waals surface area contributed by atoms with Crippen LogP contribution in [0, 0.1) is 0 Å². The van der Waals surface area contributed by atoms with Crippen LogP contribution in [0.4, 0.5) is 0 Å². The predicted molar refractivity (Wildman–Crippen MR) is 63.8 cm³/mol. The third-order valence-electron chi connectivity index (χ3n) is 3.10. The molecule has 0 aromatic heterocycles. The van der Waals surface area contributed by atoms with Gasteiger partial charge in [0.25, 0.3) is 0 Å². The maximum absolute atomic E-state index is 9.23. The Morgan fingerprint density at radius 2 is 1.88 bits per heavy atom. The molecule has 1 aromatic rings. The Hall–Kier alpha value is -1.06. The Labute approximate surface area is 96.6 Å². The summed E-state index contributed by atoms with van der Waals surface area (Å²) in [6.45, 7) is 7.05. The first-order chi connectivity index (χ1) is 7.75. The summed E-state index contributed by atoms with van der Waals surface area (Å²) in [4.78, 5) is 2.43. The van der Waals surface area contributed by atoms with Crippen LogP contribution in [0.15, 0.2) is 24.3 Å². The van der Waals surface area contributed by atoms with Gasteiger partial charge in [0.15, 0.2) is 0 Å². The van der Waals surface area contributed by atoms with E-state index in [9.17, 15) is 5.11 Å².